The Balaban J connectivity index is 1.92. The summed E-state index contributed by atoms with van der Waals surface area (Å²) in [5, 5.41) is 13.5. The van der Waals surface area contributed by atoms with Crippen LogP contribution in [0.15, 0.2) is 22.9 Å². The van der Waals surface area contributed by atoms with E-state index in [-0.39, 0.29) is 6.10 Å². The molecule has 0 bridgehead atoms. The van der Waals surface area contributed by atoms with Crippen molar-refractivity contribution in [2.45, 2.75) is 19.1 Å². The van der Waals surface area contributed by atoms with Gasteiger partial charge in [-0.1, -0.05) is 5.16 Å². The molecule has 1 fully saturated rings. The van der Waals surface area contributed by atoms with Gasteiger partial charge in [0.25, 0.3) is 5.89 Å². The van der Waals surface area contributed by atoms with E-state index < -0.39 is 0 Å². The molecule has 0 aromatic carbocycles. The summed E-state index contributed by atoms with van der Waals surface area (Å²) in [5.74, 6) is 1.68. The first kappa shape index (κ1) is 13.0. The molecule has 1 atom stereocenters. The van der Waals surface area contributed by atoms with Gasteiger partial charge in [-0.15, -0.1) is 0 Å². The minimum Gasteiger partial charge on any atom is -0.391 e. The van der Waals surface area contributed by atoms with Crippen molar-refractivity contribution in [2.24, 2.45) is 0 Å². The highest BCUT2D eigenvalue weighted by Crippen LogP contribution is 2.29. The molecule has 7 nitrogen and oxygen atoms in total. The zero-order valence-corrected chi connectivity index (χ0v) is 11.2. The number of hydrogen-bond donors (Lipinski definition) is 1. The molecule has 3 heterocycles. The van der Waals surface area contributed by atoms with Crippen LogP contribution in [0.25, 0.3) is 11.5 Å². The number of ether oxygens (including phenoxy) is 1. The van der Waals surface area contributed by atoms with Crippen LogP contribution in [-0.2, 0) is 11.3 Å². The maximum Gasteiger partial charge on any atom is 0.261 e. The highest BCUT2D eigenvalue weighted by molar-refractivity contribution is 5.70. The molecule has 1 aliphatic heterocycles. The lowest BCUT2D eigenvalue weighted by Gasteiger charge is -2.18. The van der Waals surface area contributed by atoms with E-state index in [0.29, 0.717) is 24.9 Å². The molecule has 2 aromatic rings. The fourth-order valence-corrected chi connectivity index (χ4v) is 2.30. The number of rotatable bonds is 4. The Morgan fingerprint density at radius 2 is 2.45 bits per heavy atom. The summed E-state index contributed by atoms with van der Waals surface area (Å²) < 4.78 is 10.2. The highest BCUT2D eigenvalue weighted by Gasteiger charge is 2.25. The predicted molar refractivity (Wildman–Crippen MR) is 71.1 cm³/mol. The van der Waals surface area contributed by atoms with Crippen molar-refractivity contribution in [1.82, 2.24) is 15.1 Å². The molecule has 1 saturated heterocycles. The average Bonchev–Trinajstić information content (AvgIpc) is 3.08. The first-order valence-electron chi connectivity index (χ1n) is 6.48. The largest absolute Gasteiger partial charge is 0.391 e. The molecular weight excluding hydrogens is 260 g/mol. The summed E-state index contributed by atoms with van der Waals surface area (Å²) >= 11 is 0. The number of nitrogens with zero attached hydrogens (tertiary/aromatic N) is 4. The molecule has 1 unspecified atom stereocenters. The van der Waals surface area contributed by atoms with Crippen molar-refractivity contribution in [3.63, 3.8) is 0 Å². The number of aliphatic hydroxyl groups is 1. The van der Waals surface area contributed by atoms with E-state index in [1.165, 1.54) is 0 Å². The van der Waals surface area contributed by atoms with Crippen LogP contribution >= 0.6 is 0 Å². The molecule has 0 saturated carbocycles. The van der Waals surface area contributed by atoms with E-state index in [9.17, 15) is 5.11 Å². The van der Waals surface area contributed by atoms with E-state index in [4.69, 9.17) is 9.26 Å². The summed E-state index contributed by atoms with van der Waals surface area (Å²) in [6.07, 6.45) is 2.15. The van der Waals surface area contributed by atoms with Crippen molar-refractivity contribution >= 4 is 5.82 Å². The van der Waals surface area contributed by atoms with Gasteiger partial charge in [-0.3, -0.25) is 0 Å². The van der Waals surface area contributed by atoms with Gasteiger partial charge in [-0.05, 0) is 18.6 Å². The lowest BCUT2D eigenvalue weighted by Crippen LogP contribution is -2.22. The number of pyridine rings is 1. The van der Waals surface area contributed by atoms with Gasteiger partial charge in [0.15, 0.2) is 5.82 Å². The van der Waals surface area contributed by atoms with E-state index in [2.05, 4.69) is 15.1 Å². The van der Waals surface area contributed by atoms with Crippen LogP contribution in [0.5, 0.6) is 0 Å². The number of hydrogen-bond acceptors (Lipinski definition) is 7. The molecule has 2 aromatic heterocycles. The van der Waals surface area contributed by atoms with Gasteiger partial charge in [-0.2, -0.15) is 4.98 Å². The third-order valence-electron chi connectivity index (χ3n) is 3.22. The van der Waals surface area contributed by atoms with Crippen LogP contribution < -0.4 is 4.90 Å². The zero-order valence-electron chi connectivity index (χ0n) is 11.2. The van der Waals surface area contributed by atoms with Gasteiger partial charge in [0.2, 0.25) is 0 Å². The predicted octanol–water partition coefficient (Wildman–Crippen LogP) is 0.849. The Kier molecular flexibility index (Phi) is 3.62. The van der Waals surface area contributed by atoms with Gasteiger partial charge in [0.05, 0.1) is 11.7 Å². The Labute approximate surface area is 116 Å². The van der Waals surface area contributed by atoms with E-state index in [0.717, 1.165) is 24.3 Å². The molecule has 0 aliphatic carbocycles. The van der Waals surface area contributed by atoms with Crippen LogP contribution in [0.4, 0.5) is 5.82 Å². The minimum atomic E-state index is -0.309. The standard InChI is InChI=1S/C13H16N4O3/c1-19-8-11-15-13(20-16-11)10-3-2-5-14-12(10)17-6-4-9(18)7-17/h2-3,5,9,18H,4,6-8H2,1H3. The van der Waals surface area contributed by atoms with Crippen LogP contribution in [-0.4, -0.2) is 46.5 Å². The summed E-state index contributed by atoms with van der Waals surface area (Å²) in [6.45, 7) is 1.65. The fraction of sp³-hybridized carbons (Fsp3) is 0.462. The lowest BCUT2D eigenvalue weighted by atomic mass is 10.2. The van der Waals surface area contributed by atoms with Gasteiger partial charge >= 0.3 is 0 Å². The molecule has 0 spiro atoms. The molecule has 20 heavy (non-hydrogen) atoms. The summed E-state index contributed by atoms with van der Waals surface area (Å²) in [6, 6.07) is 3.71. The first-order valence-corrected chi connectivity index (χ1v) is 6.48. The van der Waals surface area contributed by atoms with Crippen molar-refractivity contribution in [3.05, 3.63) is 24.2 Å². The second-order valence-electron chi connectivity index (χ2n) is 4.71. The Morgan fingerprint density at radius 3 is 3.20 bits per heavy atom. The number of anilines is 1. The third-order valence-corrected chi connectivity index (χ3v) is 3.22. The van der Waals surface area contributed by atoms with Gasteiger partial charge in [0, 0.05) is 26.4 Å². The van der Waals surface area contributed by atoms with Crippen molar-refractivity contribution < 1.29 is 14.4 Å². The normalized spacial score (nSPS) is 18.7. The van der Waals surface area contributed by atoms with E-state index in [1.807, 2.05) is 17.0 Å². The van der Waals surface area contributed by atoms with Gasteiger partial charge < -0.3 is 19.3 Å². The number of aromatic nitrogens is 3. The summed E-state index contributed by atoms with van der Waals surface area (Å²) in [4.78, 5) is 10.7. The molecule has 0 amide bonds. The summed E-state index contributed by atoms with van der Waals surface area (Å²) in [5.41, 5.74) is 0.774. The van der Waals surface area contributed by atoms with E-state index >= 15 is 0 Å². The smallest absolute Gasteiger partial charge is 0.261 e. The number of aliphatic hydroxyl groups excluding tert-OH is 1. The summed E-state index contributed by atoms with van der Waals surface area (Å²) in [7, 11) is 1.58. The lowest BCUT2D eigenvalue weighted by molar-refractivity contribution is 0.174. The molecule has 3 rings (SSSR count). The fourth-order valence-electron chi connectivity index (χ4n) is 2.30. The van der Waals surface area contributed by atoms with Crippen molar-refractivity contribution in [3.8, 4) is 11.5 Å². The molecule has 106 valence electrons. The van der Waals surface area contributed by atoms with Crippen LogP contribution in [0, 0.1) is 0 Å². The highest BCUT2D eigenvalue weighted by atomic mass is 16.5. The Hall–Kier alpha value is -1.99. The van der Waals surface area contributed by atoms with E-state index in [1.54, 1.807) is 13.3 Å². The SMILES string of the molecule is COCc1noc(-c2cccnc2N2CCC(O)C2)n1. The maximum atomic E-state index is 9.66. The molecule has 1 aliphatic rings. The van der Waals surface area contributed by atoms with Crippen molar-refractivity contribution in [2.75, 3.05) is 25.1 Å². The quantitative estimate of drug-likeness (QED) is 0.886. The van der Waals surface area contributed by atoms with Gasteiger partial charge in [-0.25, -0.2) is 4.98 Å². The second kappa shape index (κ2) is 5.56. The maximum absolute atomic E-state index is 9.66. The van der Waals surface area contributed by atoms with Gasteiger partial charge in [0.1, 0.15) is 12.4 Å². The minimum absolute atomic E-state index is 0.307. The number of methoxy groups -OCH3 is 1. The van der Waals surface area contributed by atoms with Crippen molar-refractivity contribution in [1.29, 1.82) is 0 Å². The molecule has 7 heteroatoms. The second-order valence-corrected chi connectivity index (χ2v) is 4.71. The monoisotopic (exact) mass is 276 g/mol. The first-order chi connectivity index (χ1) is 9.78. The number of β-amino-alcohol motifs (C(OH)–C–C–N with tert-alkyl or cyclic N) is 1. The molecule has 0 radical (unpaired) electrons. The van der Waals surface area contributed by atoms with Crippen LogP contribution in [0.2, 0.25) is 0 Å². The molecular formula is C13H16N4O3. The van der Waals surface area contributed by atoms with Crippen LogP contribution in [0.1, 0.15) is 12.2 Å². The Bertz CT molecular complexity index is 587. The molecule has 1 N–H and O–H groups in total. The van der Waals surface area contributed by atoms with Crippen LogP contribution in [0.3, 0.4) is 0 Å². The Morgan fingerprint density at radius 1 is 1.55 bits per heavy atom. The average molecular weight is 276 g/mol. The third kappa shape index (κ3) is 2.50. The topological polar surface area (TPSA) is 84.5 Å². The zero-order chi connectivity index (χ0) is 13.9.